The molecule has 0 aliphatic heterocycles. The van der Waals surface area contributed by atoms with E-state index >= 15 is 0 Å². The molecule has 1 atom stereocenters. The number of phenolic OH excluding ortho intramolecular Hbond substituents is 1. The van der Waals surface area contributed by atoms with Crippen molar-refractivity contribution in [2.75, 3.05) is 12.4 Å². The summed E-state index contributed by atoms with van der Waals surface area (Å²) >= 11 is 0. The molecule has 9 nitrogen and oxygen atoms in total. The van der Waals surface area contributed by atoms with Gasteiger partial charge < -0.3 is 29.9 Å². The lowest BCUT2D eigenvalue weighted by Gasteiger charge is -2.14. The molecule has 1 aromatic heterocycles. The van der Waals surface area contributed by atoms with Gasteiger partial charge in [0.05, 0.1) is 18.1 Å². The molecule has 1 amide bonds. The van der Waals surface area contributed by atoms with E-state index in [0.29, 0.717) is 22.5 Å². The molecule has 3 rings (SSSR count). The predicted octanol–water partition coefficient (Wildman–Crippen LogP) is 1.75. The highest BCUT2D eigenvalue weighted by molar-refractivity contribution is 5.99. The number of esters is 1. The molecule has 4 N–H and O–H groups in total. The smallest absolute Gasteiger partial charge is 0.342 e. The van der Waals surface area contributed by atoms with Crippen molar-refractivity contribution in [3.63, 3.8) is 0 Å². The molecule has 9 heteroatoms. The Morgan fingerprint density at radius 1 is 1.11 bits per heavy atom. The Morgan fingerprint density at radius 3 is 2.56 bits per heavy atom. The summed E-state index contributed by atoms with van der Waals surface area (Å²) in [6.07, 6.45) is -1.11. The number of nitrogens with one attached hydrogen (secondary N) is 3. The number of benzene rings is 2. The summed E-state index contributed by atoms with van der Waals surface area (Å²) < 4.78 is 10.0. The Hall–Kier alpha value is -3.75. The molecular weight excluding hydrogens is 354 g/mol. The molecular formula is C18H17N3O6. The maximum Gasteiger partial charge on any atom is 0.342 e. The molecule has 0 saturated carbocycles. The zero-order chi connectivity index (χ0) is 19.6. The Morgan fingerprint density at radius 2 is 1.85 bits per heavy atom. The number of fused-ring (bicyclic) bond motifs is 1. The van der Waals surface area contributed by atoms with Crippen molar-refractivity contribution >= 4 is 28.6 Å². The fourth-order valence-electron chi connectivity index (χ4n) is 2.44. The number of aromatic amines is 2. The van der Waals surface area contributed by atoms with Gasteiger partial charge in [0.1, 0.15) is 17.1 Å². The third kappa shape index (κ3) is 3.92. The molecule has 0 unspecified atom stereocenters. The van der Waals surface area contributed by atoms with Gasteiger partial charge in [0, 0.05) is 11.8 Å². The molecule has 1 heterocycles. The lowest BCUT2D eigenvalue weighted by molar-refractivity contribution is -0.123. The molecule has 27 heavy (non-hydrogen) atoms. The first-order valence-electron chi connectivity index (χ1n) is 7.98. The van der Waals surface area contributed by atoms with Crippen LogP contribution in [0.1, 0.15) is 17.3 Å². The molecule has 0 radical (unpaired) electrons. The van der Waals surface area contributed by atoms with Crippen molar-refractivity contribution in [3.05, 3.63) is 52.4 Å². The van der Waals surface area contributed by atoms with Crippen LogP contribution in [-0.2, 0) is 9.53 Å². The summed E-state index contributed by atoms with van der Waals surface area (Å²) in [4.78, 5) is 40.9. The van der Waals surface area contributed by atoms with Gasteiger partial charge in [-0.1, -0.05) is 0 Å². The number of anilines is 1. The van der Waals surface area contributed by atoms with Crippen LogP contribution in [0.3, 0.4) is 0 Å². The highest BCUT2D eigenvalue weighted by Crippen LogP contribution is 2.24. The maximum absolute atomic E-state index is 12.3. The average molecular weight is 371 g/mol. The first-order chi connectivity index (χ1) is 12.9. The normalized spacial score (nSPS) is 11.8. The third-order valence-electron chi connectivity index (χ3n) is 3.86. The van der Waals surface area contributed by atoms with Gasteiger partial charge >= 0.3 is 11.7 Å². The first kappa shape index (κ1) is 18.1. The summed E-state index contributed by atoms with van der Waals surface area (Å²) in [5.41, 5.74) is 1.13. The Bertz CT molecular complexity index is 1070. The van der Waals surface area contributed by atoms with Gasteiger partial charge in [0.2, 0.25) is 0 Å². The summed E-state index contributed by atoms with van der Waals surface area (Å²) in [5.74, 6) is -1.33. The number of phenols is 1. The van der Waals surface area contributed by atoms with Gasteiger partial charge in [-0.15, -0.1) is 0 Å². The fourth-order valence-corrected chi connectivity index (χ4v) is 2.44. The monoisotopic (exact) mass is 371 g/mol. The standard InChI is InChI=1S/C18H17N3O6/c1-9(27-17(24)12-5-4-11(26-2)8-15(12)22)16(23)19-10-3-6-13-14(7-10)21-18(25)20-13/h3-9,22H,1-2H3,(H,19,23)(H2,20,21,25)/t9-/m0/s1. The van der Waals surface area contributed by atoms with Crippen LogP contribution in [0.4, 0.5) is 5.69 Å². The van der Waals surface area contributed by atoms with Crippen molar-refractivity contribution in [2.24, 2.45) is 0 Å². The van der Waals surface area contributed by atoms with Gasteiger partial charge in [-0.3, -0.25) is 4.79 Å². The quantitative estimate of drug-likeness (QED) is 0.505. The van der Waals surface area contributed by atoms with Gasteiger partial charge in [-0.2, -0.15) is 0 Å². The maximum atomic E-state index is 12.3. The molecule has 140 valence electrons. The highest BCUT2D eigenvalue weighted by Gasteiger charge is 2.21. The van der Waals surface area contributed by atoms with E-state index < -0.39 is 18.0 Å². The second-order valence-electron chi connectivity index (χ2n) is 5.76. The number of carbonyl (C=O) groups excluding carboxylic acids is 2. The van der Waals surface area contributed by atoms with Crippen LogP contribution in [0.5, 0.6) is 11.5 Å². The van der Waals surface area contributed by atoms with Gasteiger partial charge in [-0.25, -0.2) is 9.59 Å². The van der Waals surface area contributed by atoms with E-state index in [9.17, 15) is 19.5 Å². The van der Waals surface area contributed by atoms with Crippen LogP contribution >= 0.6 is 0 Å². The van der Waals surface area contributed by atoms with Crippen LogP contribution in [-0.4, -0.2) is 40.2 Å². The van der Waals surface area contributed by atoms with E-state index in [1.165, 1.54) is 32.2 Å². The minimum atomic E-state index is -1.11. The predicted molar refractivity (Wildman–Crippen MR) is 97.1 cm³/mol. The lowest BCUT2D eigenvalue weighted by Crippen LogP contribution is -2.30. The zero-order valence-corrected chi connectivity index (χ0v) is 14.5. The fraction of sp³-hybridized carbons (Fsp3) is 0.167. The first-order valence-corrected chi connectivity index (χ1v) is 7.98. The van der Waals surface area contributed by atoms with Crippen molar-refractivity contribution in [1.82, 2.24) is 9.97 Å². The van der Waals surface area contributed by atoms with Crippen LogP contribution < -0.4 is 15.7 Å². The number of carbonyl (C=O) groups is 2. The van der Waals surface area contributed by atoms with Gasteiger partial charge in [0.25, 0.3) is 5.91 Å². The second kappa shape index (κ2) is 7.24. The van der Waals surface area contributed by atoms with E-state index in [-0.39, 0.29) is 17.0 Å². The summed E-state index contributed by atoms with van der Waals surface area (Å²) in [5, 5.41) is 12.5. The molecule has 2 aromatic carbocycles. The number of amides is 1. The summed E-state index contributed by atoms with van der Waals surface area (Å²) in [6, 6.07) is 8.93. The Kier molecular flexibility index (Phi) is 4.84. The second-order valence-corrected chi connectivity index (χ2v) is 5.76. The third-order valence-corrected chi connectivity index (χ3v) is 3.86. The van der Waals surface area contributed by atoms with Crippen molar-refractivity contribution < 1.29 is 24.2 Å². The van der Waals surface area contributed by atoms with Crippen molar-refractivity contribution in [1.29, 1.82) is 0 Å². The van der Waals surface area contributed by atoms with Crippen molar-refractivity contribution in [3.8, 4) is 11.5 Å². The number of aromatic hydroxyl groups is 1. The number of H-pyrrole nitrogens is 2. The largest absolute Gasteiger partial charge is 0.507 e. The van der Waals surface area contributed by atoms with Crippen LogP contribution in [0.25, 0.3) is 11.0 Å². The molecule has 0 aliphatic carbocycles. The van der Waals surface area contributed by atoms with Crippen molar-refractivity contribution in [2.45, 2.75) is 13.0 Å². The molecule has 0 fully saturated rings. The van der Waals surface area contributed by atoms with Crippen LogP contribution in [0, 0.1) is 0 Å². The number of aromatic nitrogens is 2. The Labute approximate surface area is 152 Å². The minimum Gasteiger partial charge on any atom is -0.507 e. The number of hydrogen-bond donors (Lipinski definition) is 4. The Balaban J connectivity index is 1.67. The molecule has 0 bridgehead atoms. The van der Waals surface area contributed by atoms with E-state index in [1.807, 2.05) is 0 Å². The van der Waals surface area contributed by atoms with E-state index in [2.05, 4.69) is 15.3 Å². The lowest BCUT2D eigenvalue weighted by atomic mass is 10.2. The van der Waals surface area contributed by atoms with E-state index in [4.69, 9.17) is 9.47 Å². The number of methoxy groups -OCH3 is 1. The van der Waals surface area contributed by atoms with E-state index in [1.54, 1.807) is 18.2 Å². The van der Waals surface area contributed by atoms with Crippen LogP contribution in [0.15, 0.2) is 41.2 Å². The highest BCUT2D eigenvalue weighted by atomic mass is 16.5. The van der Waals surface area contributed by atoms with E-state index in [0.717, 1.165) is 0 Å². The average Bonchev–Trinajstić information content (AvgIpc) is 3.00. The summed E-state index contributed by atoms with van der Waals surface area (Å²) in [7, 11) is 1.43. The number of imidazole rings is 1. The number of hydrogen-bond acceptors (Lipinski definition) is 6. The summed E-state index contributed by atoms with van der Waals surface area (Å²) in [6.45, 7) is 1.41. The molecule has 0 saturated heterocycles. The molecule has 0 aliphatic rings. The SMILES string of the molecule is COc1ccc(C(=O)O[C@@H](C)C(=O)Nc2ccc3[nH]c(=O)[nH]c3c2)c(O)c1. The number of rotatable bonds is 5. The number of ether oxygens (including phenoxy) is 2. The van der Waals surface area contributed by atoms with Gasteiger partial charge in [-0.05, 0) is 37.3 Å². The molecule has 3 aromatic rings. The minimum absolute atomic E-state index is 0.0817. The topological polar surface area (TPSA) is 134 Å². The van der Waals surface area contributed by atoms with Crippen LogP contribution in [0.2, 0.25) is 0 Å². The van der Waals surface area contributed by atoms with Gasteiger partial charge in [0.15, 0.2) is 6.10 Å². The zero-order valence-electron chi connectivity index (χ0n) is 14.5. The molecule has 0 spiro atoms.